The van der Waals surface area contributed by atoms with Crippen molar-refractivity contribution in [2.24, 2.45) is 4.99 Å². The molecule has 1 aliphatic heterocycles. The Kier molecular flexibility index (Phi) is 7.57. The van der Waals surface area contributed by atoms with E-state index in [1.165, 1.54) is 0 Å². The Labute approximate surface area is 150 Å². The zero-order chi connectivity index (χ0) is 18.1. The fourth-order valence-corrected chi connectivity index (χ4v) is 2.79. The lowest BCUT2D eigenvalue weighted by Crippen LogP contribution is -2.53. The third-order valence-corrected chi connectivity index (χ3v) is 4.31. The minimum absolute atomic E-state index is 0.0505. The van der Waals surface area contributed by atoms with Gasteiger partial charge in [-0.2, -0.15) is 0 Å². The first-order chi connectivity index (χ1) is 12.1. The first-order valence-electron chi connectivity index (χ1n) is 9.14. The third kappa shape index (κ3) is 5.96. The van der Waals surface area contributed by atoms with Crippen molar-refractivity contribution in [2.75, 3.05) is 39.3 Å². The predicted molar refractivity (Wildman–Crippen MR) is 101 cm³/mol. The van der Waals surface area contributed by atoms with E-state index in [4.69, 9.17) is 9.73 Å². The van der Waals surface area contributed by atoms with Crippen LogP contribution in [0.4, 0.5) is 0 Å². The monoisotopic (exact) mass is 346 g/mol. The summed E-state index contributed by atoms with van der Waals surface area (Å²) in [5.74, 6) is 1.93. The number of carbonyl (C=O) groups excluding carboxylic acids is 1. The van der Waals surface area contributed by atoms with Crippen LogP contribution in [0.5, 0.6) is 5.75 Å². The summed E-state index contributed by atoms with van der Waals surface area (Å²) in [6.45, 7) is 10.4. The fraction of sp³-hybridized carbons (Fsp3) is 0.579. The number of ether oxygens (including phenoxy) is 1. The molecule has 0 aliphatic carbocycles. The molecule has 138 valence electrons. The molecule has 0 bridgehead atoms. The van der Waals surface area contributed by atoms with Crippen LogP contribution in [0.15, 0.2) is 35.3 Å². The number of nitrogens with zero attached hydrogens (tertiary/aromatic N) is 3. The van der Waals surface area contributed by atoms with Gasteiger partial charge in [0.05, 0.1) is 6.54 Å². The van der Waals surface area contributed by atoms with Crippen molar-refractivity contribution < 1.29 is 9.53 Å². The Morgan fingerprint density at radius 3 is 2.36 bits per heavy atom. The summed E-state index contributed by atoms with van der Waals surface area (Å²) in [4.78, 5) is 20.4. The number of nitrogens with one attached hydrogen (secondary N) is 1. The van der Waals surface area contributed by atoms with Crippen molar-refractivity contribution in [2.45, 2.75) is 33.3 Å². The van der Waals surface area contributed by atoms with Crippen LogP contribution in [0.1, 0.15) is 27.2 Å². The number of carbonyl (C=O) groups is 1. The van der Waals surface area contributed by atoms with E-state index >= 15 is 0 Å². The van der Waals surface area contributed by atoms with Gasteiger partial charge in [-0.05, 0) is 25.5 Å². The molecule has 1 unspecified atom stereocenters. The topological polar surface area (TPSA) is 57.2 Å². The number of piperazine rings is 1. The van der Waals surface area contributed by atoms with E-state index in [1.807, 2.05) is 35.2 Å². The van der Waals surface area contributed by atoms with E-state index in [2.05, 4.69) is 24.1 Å². The van der Waals surface area contributed by atoms with Crippen molar-refractivity contribution in [1.29, 1.82) is 0 Å². The van der Waals surface area contributed by atoms with Crippen LogP contribution in [0.2, 0.25) is 0 Å². The number of para-hydroxylation sites is 1. The maximum absolute atomic E-state index is 11.5. The molecule has 2 rings (SSSR count). The van der Waals surface area contributed by atoms with E-state index < -0.39 is 0 Å². The molecule has 1 atom stereocenters. The zero-order valence-electron chi connectivity index (χ0n) is 15.6. The molecule has 1 heterocycles. The molecule has 0 spiro atoms. The Balaban J connectivity index is 1.95. The molecule has 6 heteroatoms. The Morgan fingerprint density at radius 2 is 1.80 bits per heavy atom. The highest BCUT2D eigenvalue weighted by molar-refractivity contribution is 5.80. The van der Waals surface area contributed by atoms with E-state index in [0.717, 1.165) is 50.9 Å². The van der Waals surface area contributed by atoms with Crippen molar-refractivity contribution in [1.82, 2.24) is 15.1 Å². The second-order valence-electron chi connectivity index (χ2n) is 6.15. The van der Waals surface area contributed by atoms with Gasteiger partial charge in [-0.1, -0.05) is 25.1 Å². The molecule has 1 amide bonds. The lowest BCUT2D eigenvalue weighted by atomic mass is 10.2. The number of benzene rings is 1. The largest absolute Gasteiger partial charge is 0.489 e. The lowest BCUT2D eigenvalue weighted by molar-refractivity contribution is -0.130. The summed E-state index contributed by atoms with van der Waals surface area (Å²) in [5, 5.41) is 3.36. The molecule has 25 heavy (non-hydrogen) atoms. The number of hydrogen-bond donors (Lipinski definition) is 1. The predicted octanol–water partition coefficient (Wildman–Crippen LogP) is 1.97. The maximum atomic E-state index is 11.5. The van der Waals surface area contributed by atoms with Crippen LogP contribution < -0.4 is 10.1 Å². The number of guanidine groups is 1. The van der Waals surface area contributed by atoms with Gasteiger partial charge in [-0.25, -0.2) is 4.99 Å². The molecule has 1 aliphatic rings. The van der Waals surface area contributed by atoms with Gasteiger partial charge in [0, 0.05) is 39.6 Å². The number of aliphatic imine (C=N–C) groups is 1. The molecule has 0 saturated carbocycles. The van der Waals surface area contributed by atoms with Gasteiger partial charge in [0.25, 0.3) is 0 Å². The van der Waals surface area contributed by atoms with Gasteiger partial charge in [0.15, 0.2) is 5.96 Å². The van der Waals surface area contributed by atoms with Crippen LogP contribution in [0.3, 0.4) is 0 Å². The molecule has 1 fully saturated rings. The molecule has 1 saturated heterocycles. The molecule has 0 radical (unpaired) electrons. The number of amides is 1. The summed E-state index contributed by atoms with van der Waals surface area (Å²) in [6.07, 6.45) is 0.949. The van der Waals surface area contributed by atoms with E-state index in [0.29, 0.717) is 6.54 Å². The summed E-state index contributed by atoms with van der Waals surface area (Å²) >= 11 is 0. The fourth-order valence-electron chi connectivity index (χ4n) is 2.79. The zero-order valence-corrected chi connectivity index (χ0v) is 15.6. The molecule has 1 aromatic carbocycles. The third-order valence-electron chi connectivity index (χ3n) is 4.31. The van der Waals surface area contributed by atoms with Crippen molar-refractivity contribution in [3.8, 4) is 5.75 Å². The highest BCUT2D eigenvalue weighted by Gasteiger charge is 2.21. The normalized spacial score (nSPS) is 16.5. The number of hydrogen-bond acceptors (Lipinski definition) is 3. The maximum Gasteiger partial charge on any atom is 0.219 e. The number of rotatable bonds is 6. The summed E-state index contributed by atoms with van der Waals surface area (Å²) in [6, 6.07) is 9.88. The second kappa shape index (κ2) is 9.91. The van der Waals surface area contributed by atoms with E-state index in [1.54, 1.807) is 6.92 Å². The minimum Gasteiger partial charge on any atom is -0.489 e. The average Bonchev–Trinajstić information content (AvgIpc) is 2.65. The molecule has 1 aromatic rings. The first-order valence-corrected chi connectivity index (χ1v) is 9.14. The lowest BCUT2D eigenvalue weighted by Gasteiger charge is -2.36. The van der Waals surface area contributed by atoms with Gasteiger partial charge in [0.2, 0.25) is 5.91 Å². The standard InChI is InChI=1S/C19H30N4O2/c1-4-17(25-18-9-7-6-8-10-18)15-21-19(20-5-2)23-13-11-22(12-14-23)16(3)24/h6-10,17H,4-5,11-15H2,1-3H3,(H,20,21). The Morgan fingerprint density at radius 1 is 1.16 bits per heavy atom. The molecule has 6 nitrogen and oxygen atoms in total. The molecule has 1 N–H and O–H groups in total. The van der Waals surface area contributed by atoms with Gasteiger partial charge in [0.1, 0.15) is 11.9 Å². The van der Waals surface area contributed by atoms with Crippen LogP contribution in [-0.2, 0) is 4.79 Å². The van der Waals surface area contributed by atoms with Crippen LogP contribution >= 0.6 is 0 Å². The summed E-state index contributed by atoms with van der Waals surface area (Å²) in [7, 11) is 0. The van der Waals surface area contributed by atoms with Crippen LogP contribution in [-0.4, -0.2) is 67.0 Å². The Bertz CT molecular complexity index is 554. The summed E-state index contributed by atoms with van der Waals surface area (Å²) in [5.41, 5.74) is 0. The van der Waals surface area contributed by atoms with Gasteiger partial charge in [-0.15, -0.1) is 0 Å². The van der Waals surface area contributed by atoms with Crippen LogP contribution in [0.25, 0.3) is 0 Å². The molecule has 0 aromatic heterocycles. The van der Waals surface area contributed by atoms with Crippen molar-refractivity contribution >= 4 is 11.9 Å². The quantitative estimate of drug-likeness (QED) is 0.632. The van der Waals surface area contributed by atoms with E-state index in [9.17, 15) is 4.79 Å². The second-order valence-corrected chi connectivity index (χ2v) is 6.15. The smallest absolute Gasteiger partial charge is 0.219 e. The minimum atomic E-state index is 0.0505. The molecular weight excluding hydrogens is 316 g/mol. The Hall–Kier alpha value is -2.24. The average molecular weight is 346 g/mol. The highest BCUT2D eigenvalue weighted by atomic mass is 16.5. The summed E-state index contributed by atoms with van der Waals surface area (Å²) < 4.78 is 6.02. The highest BCUT2D eigenvalue weighted by Crippen LogP contribution is 2.13. The van der Waals surface area contributed by atoms with Crippen LogP contribution in [0, 0.1) is 0 Å². The SMILES string of the molecule is CCNC(=NCC(CC)Oc1ccccc1)N1CCN(C(C)=O)CC1. The van der Waals surface area contributed by atoms with Gasteiger partial charge < -0.3 is 19.9 Å². The van der Waals surface area contributed by atoms with Gasteiger partial charge >= 0.3 is 0 Å². The van der Waals surface area contributed by atoms with Crippen molar-refractivity contribution in [3.63, 3.8) is 0 Å². The first kappa shape index (κ1) is 19.1. The van der Waals surface area contributed by atoms with Gasteiger partial charge in [-0.3, -0.25) is 4.79 Å². The van der Waals surface area contributed by atoms with Crippen molar-refractivity contribution in [3.05, 3.63) is 30.3 Å². The van der Waals surface area contributed by atoms with E-state index in [-0.39, 0.29) is 12.0 Å². The molecular formula is C19H30N4O2.